The molecule has 7 atom stereocenters. The van der Waals surface area contributed by atoms with Crippen LogP contribution < -0.4 is 0 Å². The molecule has 0 unspecified atom stereocenters. The third kappa shape index (κ3) is 9.35. The van der Waals surface area contributed by atoms with Gasteiger partial charge in [0.05, 0.1) is 30.3 Å². The molecule has 0 aliphatic heterocycles. The highest BCUT2D eigenvalue weighted by Gasteiger charge is 2.56. The summed E-state index contributed by atoms with van der Waals surface area (Å²) in [7, 11) is -3.98. The number of ether oxygens (including phenoxy) is 1. The van der Waals surface area contributed by atoms with Crippen molar-refractivity contribution in [2.45, 2.75) is 188 Å². The summed E-state index contributed by atoms with van der Waals surface area (Å²) >= 11 is 0. The van der Waals surface area contributed by atoms with Gasteiger partial charge in [-0.2, -0.15) is 0 Å². The van der Waals surface area contributed by atoms with Gasteiger partial charge in [-0.25, -0.2) is 0 Å². The second-order valence-electron chi connectivity index (χ2n) is 20.2. The van der Waals surface area contributed by atoms with E-state index < -0.39 is 28.2 Å². The van der Waals surface area contributed by atoms with Crippen LogP contribution in [-0.2, 0) is 18.4 Å². The summed E-state index contributed by atoms with van der Waals surface area (Å²) in [5.74, 6) is 1.22. The second-order valence-corrected chi connectivity index (χ2v) is 29.7. The molecule has 0 amide bonds. The van der Waals surface area contributed by atoms with E-state index in [1.807, 2.05) is 6.08 Å². The predicted molar refractivity (Wildman–Crippen MR) is 219 cm³/mol. The average molecular weight is 741 g/mol. The number of carbonyl (C=O) groups excluding carboxylic acids is 1. The summed E-state index contributed by atoms with van der Waals surface area (Å²) in [6, 6.07) is 0. The van der Waals surface area contributed by atoms with Gasteiger partial charge in [-0.3, -0.25) is 4.79 Å². The van der Waals surface area contributed by atoms with Gasteiger partial charge in [0.2, 0.25) is 0 Å². The lowest BCUT2D eigenvalue weighted by atomic mass is 9.61. The van der Waals surface area contributed by atoms with E-state index >= 15 is 0 Å². The zero-order chi connectivity index (χ0) is 38.2. The maximum atomic E-state index is 12.8. The number of hydrogen-bond acceptors (Lipinski definition) is 5. The van der Waals surface area contributed by atoms with Crippen molar-refractivity contribution in [1.82, 2.24) is 0 Å². The van der Waals surface area contributed by atoms with Crippen LogP contribution >= 0.6 is 0 Å². The molecule has 7 heteroatoms. The monoisotopic (exact) mass is 741 g/mol. The van der Waals surface area contributed by atoms with Gasteiger partial charge in [0.1, 0.15) is 0 Å². The Hall–Kier alpha value is -1.26. The van der Waals surface area contributed by atoms with E-state index in [1.54, 1.807) is 5.57 Å². The normalized spacial score (nSPS) is 31.6. The maximum absolute atomic E-state index is 12.8. The van der Waals surface area contributed by atoms with Crippen LogP contribution in [0.5, 0.6) is 0 Å². The Morgan fingerprint density at radius 3 is 2.20 bits per heavy atom. The Morgan fingerprint density at radius 2 is 1.61 bits per heavy atom. The minimum absolute atomic E-state index is 0.0116. The fourth-order valence-electron chi connectivity index (χ4n) is 8.72. The molecule has 4 rings (SSSR count). The number of aliphatic hydroxyl groups is 1. The van der Waals surface area contributed by atoms with Crippen LogP contribution in [0.3, 0.4) is 0 Å². The SMILES string of the molecule is C=C1/C(=C\C=C2/CCC[C@]3(C)[C@@H]([C@H](C)/C=C/[C@H](O)C4(C(=O)OCCCC)CC4)CC[C@@H]23)C[C@@H](O[Si](C)(C)C(C)(C)C)C[C@@H]1O[Si](C)(C)C(C)(C)C. The smallest absolute Gasteiger partial charge is 0.315 e. The lowest BCUT2D eigenvalue weighted by molar-refractivity contribution is -0.153. The fraction of sp³-hybridized carbons (Fsp3) is 0.795. The molecule has 4 fully saturated rings. The number of carbonyl (C=O) groups is 1. The molecule has 0 radical (unpaired) electrons. The number of allylic oxidation sites excluding steroid dienone is 4. The summed E-state index contributed by atoms with van der Waals surface area (Å²) in [5.41, 5.74) is 3.53. The van der Waals surface area contributed by atoms with Gasteiger partial charge < -0.3 is 18.7 Å². The van der Waals surface area contributed by atoms with Gasteiger partial charge in [-0.05, 0) is 128 Å². The van der Waals surface area contributed by atoms with Crippen molar-refractivity contribution in [3.05, 3.63) is 47.6 Å². The molecule has 0 spiro atoms. The predicted octanol–water partition coefficient (Wildman–Crippen LogP) is 11.9. The lowest BCUT2D eigenvalue weighted by Crippen LogP contribution is -2.49. The number of esters is 1. The van der Waals surface area contributed by atoms with E-state index in [9.17, 15) is 9.90 Å². The van der Waals surface area contributed by atoms with Gasteiger partial charge in [0.25, 0.3) is 0 Å². The molecule has 0 aromatic heterocycles. The van der Waals surface area contributed by atoms with Gasteiger partial charge in [0, 0.05) is 6.42 Å². The van der Waals surface area contributed by atoms with Crippen molar-refractivity contribution in [1.29, 1.82) is 0 Å². The number of aliphatic hydroxyl groups excluding tert-OH is 1. The van der Waals surface area contributed by atoms with Crippen LogP contribution in [0.2, 0.25) is 36.3 Å². The molecular formula is C44H76O5Si2. The van der Waals surface area contributed by atoms with Gasteiger partial charge in [0.15, 0.2) is 16.6 Å². The number of fused-ring (bicyclic) bond motifs is 1. The first kappa shape index (κ1) is 42.5. The zero-order valence-electron chi connectivity index (χ0n) is 35.0. The van der Waals surface area contributed by atoms with Crippen molar-refractivity contribution < 1.29 is 23.5 Å². The van der Waals surface area contributed by atoms with Crippen molar-refractivity contribution >= 4 is 22.6 Å². The number of unbranched alkanes of at least 4 members (excludes halogenated alkanes) is 1. The van der Waals surface area contributed by atoms with Crippen LogP contribution in [0.25, 0.3) is 0 Å². The minimum atomic E-state index is -2.02. The highest BCUT2D eigenvalue weighted by atomic mass is 28.4. The van der Waals surface area contributed by atoms with Gasteiger partial charge in [-0.15, -0.1) is 0 Å². The molecule has 51 heavy (non-hydrogen) atoms. The van der Waals surface area contributed by atoms with Crippen molar-refractivity contribution in [3.8, 4) is 0 Å². The third-order valence-electron chi connectivity index (χ3n) is 14.5. The topological polar surface area (TPSA) is 65.0 Å². The molecule has 4 aliphatic rings. The number of rotatable bonds is 13. The Balaban J connectivity index is 1.52. The van der Waals surface area contributed by atoms with E-state index in [0.29, 0.717) is 37.2 Å². The molecule has 0 bridgehead atoms. The van der Waals surface area contributed by atoms with Crippen LogP contribution in [0.4, 0.5) is 0 Å². The molecule has 5 nitrogen and oxygen atoms in total. The molecule has 4 saturated carbocycles. The van der Waals surface area contributed by atoms with E-state index in [2.05, 4.69) is 113 Å². The first-order valence-electron chi connectivity index (χ1n) is 20.5. The molecule has 0 saturated heterocycles. The second kappa shape index (κ2) is 15.8. The van der Waals surface area contributed by atoms with Crippen molar-refractivity contribution in [2.24, 2.45) is 28.6 Å². The summed E-state index contributed by atoms with van der Waals surface area (Å²) < 4.78 is 19.7. The minimum Gasteiger partial charge on any atom is -0.465 e. The Kier molecular flexibility index (Phi) is 13.2. The van der Waals surface area contributed by atoms with Gasteiger partial charge >= 0.3 is 5.97 Å². The zero-order valence-corrected chi connectivity index (χ0v) is 37.0. The van der Waals surface area contributed by atoms with Crippen molar-refractivity contribution in [3.63, 3.8) is 0 Å². The molecule has 0 aromatic carbocycles. The van der Waals surface area contributed by atoms with Crippen LogP contribution in [0.15, 0.2) is 47.6 Å². The molecule has 290 valence electrons. The maximum Gasteiger partial charge on any atom is 0.315 e. The standard InChI is InChI=1S/C44H76O5Si2/c1-15-16-28-47-40(46)44(26-27-44)39(45)24-19-31(2)36-22-23-37-33(18-17-25-43(36,37)10)20-21-34-29-35(48-50(11,12)41(4,5)6)30-38(32(34)3)49-51(13,14)42(7,8)9/h19-21,24,31,35-39,45H,3,15-18,22-23,25-30H2,1-2,4-14H3/b24-19+,33-20+,34-21-/t31-,35-,36-,37+,38+,39+,43-/m1/s1. The van der Waals surface area contributed by atoms with E-state index in [1.165, 1.54) is 31.3 Å². The van der Waals surface area contributed by atoms with E-state index in [0.717, 1.165) is 37.7 Å². The van der Waals surface area contributed by atoms with E-state index in [-0.39, 0.29) is 33.7 Å². The molecular weight excluding hydrogens is 665 g/mol. The summed E-state index contributed by atoms with van der Waals surface area (Å²) in [6.45, 7) is 35.4. The third-order valence-corrected chi connectivity index (χ3v) is 23.5. The van der Waals surface area contributed by atoms with Crippen LogP contribution in [0, 0.1) is 28.6 Å². The lowest BCUT2D eigenvalue weighted by Gasteiger charge is -2.45. The average Bonchev–Trinajstić information content (AvgIpc) is 3.75. The first-order valence-corrected chi connectivity index (χ1v) is 26.3. The Morgan fingerprint density at radius 1 is 0.980 bits per heavy atom. The van der Waals surface area contributed by atoms with Gasteiger partial charge in [-0.1, -0.05) is 105 Å². The quantitative estimate of drug-likeness (QED) is 0.0881. The van der Waals surface area contributed by atoms with Crippen LogP contribution in [-0.4, -0.2) is 52.6 Å². The summed E-state index contributed by atoms with van der Waals surface area (Å²) in [6.07, 6.45) is 19.4. The molecule has 4 aliphatic carbocycles. The highest BCUT2D eigenvalue weighted by Crippen LogP contribution is 2.60. The summed E-state index contributed by atoms with van der Waals surface area (Å²) in [4.78, 5) is 12.8. The largest absolute Gasteiger partial charge is 0.465 e. The fourth-order valence-corrected chi connectivity index (χ4v) is 11.4. The van der Waals surface area contributed by atoms with Crippen LogP contribution in [0.1, 0.15) is 133 Å². The van der Waals surface area contributed by atoms with Crippen molar-refractivity contribution in [2.75, 3.05) is 6.61 Å². The Labute approximate surface area is 315 Å². The molecule has 0 aromatic rings. The molecule has 1 N–H and O–H groups in total. The first-order chi connectivity index (χ1) is 23.5. The molecule has 0 heterocycles. The number of hydrogen-bond donors (Lipinski definition) is 1. The van der Waals surface area contributed by atoms with E-state index in [4.69, 9.17) is 13.6 Å². The highest BCUT2D eigenvalue weighted by molar-refractivity contribution is 6.74. The summed E-state index contributed by atoms with van der Waals surface area (Å²) in [5, 5.41) is 11.4. The Bertz CT molecular complexity index is 1340.